The summed E-state index contributed by atoms with van der Waals surface area (Å²) in [4.78, 5) is 24.6. The number of unbranched alkanes of at least 4 members (excludes halogenated alkanes) is 3. The van der Waals surface area contributed by atoms with Crippen LogP contribution < -0.4 is 5.32 Å². The van der Waals surface area contributed by atoms with Crippen LogP contribution in [0.25, 0.3) is 0 Å². The third-order valence-corrected chi connectivity index (χ3v) is 4.00. The SMILES string of the molecule is CCCCCCC(C)C(=O)NC1CCCCN1C(=O)O. The average Bonchev–Trinajstić information content (AvgIpc) is 2.43. The molecule has 2 atom stereocenters. The molecular weight excluding hydrogens is 256 g/mol. The zero-order chi connectivity index (χ0) is 15.0. The Morgan fingerprint density at radius 2 is 2.05 bits per heavy atom. The molecule has 0 bridgehead atoms. The lowest BCUT2D eigenvalue weighted by Gasteiger charge is -2.34. The molecule has 5 heteroatoms. The molecule has 1 heterocycles. The van der Waals surface area contributed by atoms with Gasteiger partial charge in [0.25, 0.3) is 0 Å². The van der Waals surface area contributed by atoms with Gasteiger partial charge in [0.1, 0.15) is 6.17 Å². The molecule has 0 aliphatic carbocycles. The summed E-state index contributed by atoms with van der Waals surface area (Å²) in [6.07, 6.45) is 6.81. The minimum atomic E-state index is -0.939. The maximum atomic E-state index is 12.1. The van der Waals surface area contributed by atoms with Crippen LogP contribution >= 0.6 is 0 Å². The minimum absolute atomic E-state index is 0.0142. The fourth-order valence-corrected chi connectivity index (χ4v) is 2.63. The van der Waals surface area contributed by atoms with Crippen molar-refractivity contribution in [3.05, 3.63) is 0 Å². The van der Waals surface area contributed by atoms with Crippen molar-refractivity contribution in [2.75, 3.05) is 6.54 Å². The second-order valence-electron chi connectivity index (χ2n) is 5.75. The van der Waals surface area contributed by atoms with E-state index in [4.69, 9.17) is 5.11 Å². The maximum absolute atomic E-state index is 12.1. The number of rotatable bonds is 7. The Balaban J connectivity index is 2.37. The van der Waals surface area contributed by atoms with Crippen molar-refractivity contribution < 1.29 is 14.7 Å². The fourth-order valence-electron chi connectivity index (χ4n) is 2.63. The Labute approximate surface area is 121 Å². The largest absolute Gasteiger partial charge is 0.465 e. The van der Waals surface area contributed by atoms with Gasteiger partial charge in [-0.15, -0.1) is 0 Å². The van der Waals surface area contributed by atoms with Crippen LogP contribution in [0, 0.1) is 5.92 Å². The third kappa shape index (κ3) is 5.39. The molecule has 2 unspecified atom stereocenters. The summed E-state index contributed by atoms with van der Waals surface area (Å²) in [7, 11) is 0. The fraction of sp³-hybridized carbons (Fsp3) is 0.867. The minimum Gasteiger partial charge on any atom is -0.465 e. The molecule has 0 aromatic rings. The summed E-state index contributed by atoms with van der Waals surface area (Å²) in [5.74, 6) is -0.0518. The van der Waals surface area contributed by atoms with Crippen molar-refractivity contribution >= 4 is 12.0 Å². The number of carboxylic acid groups (broad SMARTS) is 1. The van der Waals surface area contributed by atoms with Crippen molar-refractivity contribution in [2.24, 2.45) is 5.92 Å². The molecule has 0 spiro atoms. The van der Waals surface area contributed by atoms with Gasteiger partial charge in [-0.1, -0.05) is 39.5 Å². The van der Waals surface area contributed by atoms with E-state index in [2.05, 4.69) is 12.2 Å². The summed E-state index contributed by atoms with van der Waals surface area (Å²) in [5.41, 5.74) is 0. The molecule has 1 aliphatic rings. The zero-order valence-corrected chi connectivity index (χ0v) is 12.7. The first-order valence-corrected chi connectivity index (χ1v) is 7.86. The highest BCUT2D eigenvalue weighted by atomic mass is 16.4. The molecule has 1 fully saturated rings. The predicted molar refractivity (Wildman–Crippen MR) is 78.4 cm³/mol. The van der Waals surface area contributed by atoms with E-state index in [0.717, 1.165) is 32.1 Å². The summed E-state index contributed by atoms with van der Waals surface area (Å²) >= 11 is 0. The Kier molecular flexibility index (Phi) is 7.41. The topological polar surface area (TPSA) is 69.6 Å². The van der Waals surface area contributed by atoms with E-state index in [9.17, 15) is 9.59 Å². The van der Waals surface area contributed by atoms with E-state index in [0.29, 0.717) is 6.54 Å². The standard InChI is InChI=1S/C15H28N2O3/c1-3-4-5-6-9-12(2)14(18)16-13-10-7-8-11-17(13)15(19)20/h12-13H,3-11H2,1-2H3,(H,16,18)(H,19,20). The normalized spacial score (nSPS) is 20.5. The second kappa shape index (κ2) is 8.82. The smallest absolute Gasteiger partial charge is 0.408 e. The molecule has 5 nitrogen and oxygen atoms in total. The van der Waals surface area contributed by atoms with Crippen LogP contribution in [0.1, 0.15) is 65.2 Å². The van der Waals surface area contributed by atoms with Crippen LogP contribution in [0.2, 0.25) is 0 Å². The van der Waals surface area contributed by atoms with Gasteiger partial charge < -0.3 is 10.4 Å². The highest BCUT2D eigenvalue weighted by molar-refractivity contribution is 5.79. The Morgan fingerprint density at radius 3 is 2.70 bits per heavy atom. The first-order valence-electron chi connectivity index (χ1n) is 7.86. The van der Waals surface area contributed by atoms with E-state index in [1.165, 1.54) is 24.2 Å². The predicted octanol–water partition coefficient (Wildman–Crippen LogP) is 3.20. The highest BCUT2D eigenvalue weighted by Gasteiger charge is 2.28. The van der Waals surface area contributed by atoms with E-state index < -0.39 is 6.09 Å². The molecule has 0 saturated carbocycles. The molecule has 1 saturated heterocycles. The van der Waals surface area contributed by atoms with Crippen LogP contribution in [0.15, 0.2) is 0 Å². The third-order valence-electron chi connectivity index (χ3n) is 4.00. The Morgan fingerprint density at radius 1 is 1.30 bits per heavy atom. The summed E-state index contributed by atoms with van der Waals surface area (Å²) in [6.45, 7) is 4.61. The molecular formula is C15H28N2O3. The number of carbonyl (C=O) groups excluding carboxylic acids is 1. The molecule has 0 aromatic carbocycles. The van der Waals surface area contributed by atoms with Crippen LogP contribution in [-0.2, 0) is 4.79 Å². The summed E-state index contributed by atoms with van der Waals surface area (Å²) in [6, 6.07) is 0. The molecule has 116 valence electrons. The van der Waals surface area contributed by atoms with Crippen molar-refractivity contribution in [3.8, 4) is 0 Å². The molecule has 2 N–H and O–H groups in total. The van der Waals surface area contributed by atoms with Gasteiger partial charge in [-0.3, -0.25) is 9.69 Å². The maximum Gasteiger partial charge on any atom is 0.408 e. The Bertz CT molecular complexity index is 320. The molecule has 1 rings (SSSR count). The lowest BCUT2D eigenvalue weighted by Crippen LogP contribution is -2.53. The molecule has 20 heavy (non-hydrogen) atoms. The molecule has 2 amide bonds. The van der Waals surface area contributed by atoms with Crippen LogP contribution in [0.3, 0.4) is 0 Å². The lowest BCUT2D eigenvalue weighted by molar-refractivity contribution is -0.126. The molecule has 1 aliphatic heterocycles. The van der Waals surface area contributed by atoms with Gasteiger partial charge in [-0.05, 0) is 25.7 Å². The monoisotopic (exact) mass is 284 g/mol. The van der Waals surface area contributed by atoms with E-state index in [1.807, 2.05) is 6.92 Å². The summed E-state index contributed by atoms with van der Waals surface area (Å²) in [5, 5.41) is 12.0. The number of amides is 2. The van der Waals surface area contributed by atoms with E-state index in [-0.39, 0.29) is 18.0 Å². The van der Waals surface area contributed by atoms with Gasteiger partial charge in [0.05, 0.1) is 0 Å². The van der Waals surface area contributed by atoms with Gasteiger partial charge >= 0.3 is 6.09 Å². The van der Waals surface area contributed by atoms with E-state index >= 15 is 0 Å². The van der Waals surface area contributed by atoms with Crippen molar-refractivity contribution in [3.63, 3.8) is 0 Å². The van der Waals surface area contributed by atoms with Gasteiger partial charge in [0.2, 0.25) is 5.91 Å². The zero-order valence-electron chi connectivity index (χ0n) is 12.7. The van der Waals surface area contributed by atoms with Crippen molar-refractivity contribution in [1.82, 2.24) is 10.2 Å². The van der Waals surface area contributed by atoms with Gasteiger partial charge in [-0.2, -0.15) is 0 Å². The van der Waals surface area contributed by atoms with E-state index in [1.54, 1.807) is 0 Å². The van der Waals surface area contributed by atoms with Crippen LogP contribution in [0.5, 0.6) is 0 Å². The van der Waals surface area contributed by atoms with Gasteiger partial charge in [0.15, 0.2) is 0 Å². The van der Waals surface area contributed by atoms with Gasteiger partial charge in [-0.25, -0.2) is 4.79 Å². The number of carbonyl (C=O) groups is 2. The summed E-state index contributed by atoms with van der Waals surface area (Å²) < 4.78 is 0. The van der Waals surface area contributed by atoms with Gasteiger partial charge in [0, 0.05) is 12.5 Å². The lowest BCUT2D eigenvalue weighted by atomic mass is 10.0. The van der Waals surface area contributed by atoms with Crippen LogP contribution in [0.4, 0.5) is 4.79 Å². The first kappa shape index (κ1) is 16.8. The number of hydrogen-bond acceptors (Lipinski definition) is 2. The van der Waals surface area contributed by atoms with Crippen LogP contribution in [-0.4, -0.2) is 34.7 Å². The molecule has 0 radical (unpaired) electrons. The van der Waals surface area contributed by atoms with Crippen molar-refractivity contribution in [2.45, 2.75) is 71.4 Å². The average molecular weight is 284 g/mol. The number of likely N-dealkylation sites (tertiary alicyclic amines) is 1. The number of hydrogen-bond donors (Lipinski definition) is 2. The second-order valence-corrected chi connectivity index (χ2v) is 5.75. The number of nitrogens with zero attached hydrogens (tertiary/aromatic N) is 1. The molecule has 0 aromatic heterocycles. The van der Waals surface area contributed by atoms with Crippen molar-refractivity contribution in [1.29, 1.82) is 0 Å². The quantitative estimate of drug-likeness (QED) is 0.705. The highest BCUT2D eigenvalue weighted by Crippen LogP contribution is 2.17. The number of nitrogens with one attached hydrogen (secondary N) is 1. The first-order chi connectivity index (χ1) is 9.56. The number of piperidine rings is 1. The Hall–Kier alpha value is -1.26.